The van der Waals surface area contributed by atoms with Crippen LogP contribution in [0.25, 0.3) is 105 Å². The van der Waals surface area contributed by atoms with Crippen LogP contribution in [-0.2, 0) is 5.41 Å². The van der Waals surface area contributed by atoms with E-state index in [1.165, 1.54) is 32.7 Å². The summed E-state index contributed by atoms with van der Waals surface area (Å²) in [6.07, 6.45) is 8.51. The van der Waals surface area contributed by atoms with E-state index < -0.39 is 8.07 Å². The van der Waals surface area contributed by atoms with Crippen LogP contribution in [0.5, 0.6) is 0 Å². The van der Waals surface area contributed by atoms with Crippen molar-refractivity contribution in [2.45, 2.75) is 50.5 Å². The molecule has 0 radical (unpaired) electrons. The second kappa shape index (κ2) is 18.0. The Kier molecular flexibility index (Phi) is 10.4. The molecule has 396 valence electrons. The molecule has 2 aliphatic rings. The van der Waals surface area contributed by atoms with Crippen molar-refractivity contribution in [3.8, 4) is 28.7 Å². The lowest BCUT2D eigenvalue weighted by Gasteiger charge is -2.50. The summed E-state index contributed by atoms with van der Waals surface area (Å²) in [5.41, 5.74) is 10.5. The predicted molar refractivity (Wildman–Crippen MR) is 341 cm³/mol. The summed E-state index contributed by atoms with van der Waals surface area (Å²) in [5.74, 6) is 1.72. The number of anilines is 2. The van der Waals surface area contributed by atoms with E-state index in [0.717, 1.165) is 118 Å². The fraction of sp³-hybridized carbons (Fsp3) is 0.108. The van der Waals surface area contributed by atoms with E-state index in [-0.39, 0.29) is 11.0 Å². The zero-order valence-corrected chi connectivity index (χ0v) is 46.9. The molecule has 10 aromatic carbocycles. The Hall–Kier alpha value is -9.96. The van der Waals surface area contributed by atoms with Gasteiger partial charge in [0.25, 0.3) is 0 Å². The normalized spacial score (nSPS) is 17.2. The number of pyridine rings is 1. The molecule has 6 heterocycles. The lowest BCUT2D eigenvalue weighted by atomic mass is 9.61. The molecule has 8 nitrogen and oxygen atoms in total. The van der Waals surface area contributed by atoms with Gasteiger partial charge in [0.05, 0.1) is 39.7 Å². The Labute approximate surface area is 480 Å². The molecule has 1 aliphatic carbocycles. The highest BCUT2D eigenvalue weighted by Gasteiger charge is 2.58. The van der Waals surface area contributed by atoms with E-state index in [0.29, 0.717) is 17.6 Å². The molecule has 15 aromatic rings. The van der Waals surface area contributed by atoms with Crippen molar-refractivity contribution in [2.24, 2.45) is 0 Å². The maximum Gasteiger partial charge on any atom is 0.238 e. The van der Waals surface area contributed by atoms with Crippen molar-refractivity contribution in [1.82, 2.24) is 24.5 Å². The zero-order chi connectivity index (χ0) is 55.0. The molecular formula is C74H54N6O2Si. The standard InChI is InChI=1S/C74H54N6O2Si/c1-73-40-16-17-41-74(73,2)80(64-46-75-42-39-60(64)73)63-36-33-47-19-6-7-24-53(47)69(63)71-76-70(77-72(78-71)79-61-29-12-8-25-54(61)55-26-9-13-30-62(55)79)48-20-18-23-50(43-48)83(49-21-4-3-5-22-49,51-34-37-67-58(44-51)56-27-10-14-31-65(56)81-67)52-35-38-68-59(45-52)57-28-11-15-32-66(57)82-68/h3-15,18-39,42-46H,16-17,40-41H2,1-2H3. The summed E-state index contributed by atoms with van der Waals surface area (Å²) >= 11 is 0. The number of furan rings is 2. The van der Waals surface area contributed by atoms with E-state index in [9.17, 15) is 0 Å². The summed E-state index contributed by atoms with van der Waals surface area (Å²) in [7, 11) is -3.34. The minimum Gasteiger partial charge on any atom is -0.456 e. The van der Waals surface area contributed by atoms with Crippen LogP contribution in [0.3, 0.4) is 0 Å². The molecule has 2 atom stereocenters. The quantitative estimate of drug-likeness (QED) is 0.111. The van der Waals surface area contributed by atoms with Crippen LogP contribution >= 0.6 is 0 Å². The molecule has 17 rings (SSSR count). The van der Waals surface area contributed by atoms with Gasteiger partial charge in [0.1, 0.15) is 22.3 Å². The smallest absolute Gasteiger partial charge is 0.238 e. The van der Waals surface area contributed by atoms with Crippen LogP contribution in [0.15, 0.2) is 252 Å². The van der Waals surface area contributed by atoms with Crippen LogP contribution < -0.4 is 25.6 Å². The van der Waals surface area contributed by atoms with Crippen LogP contribution in [0.2, 0.25) is 0 Å². The van der Waals surface area contributed by atoms with Gasteiger partial charge < -0.3 is 13.7 Å². The fourth-order valence-corrected chi connectivity index (χ4v) is 19.8. The molecule has 5 aromatic heterocycles. The van der Waals surface area contributed by atoms with Crippen molar-refractivity contribution in [2.75, 3.05) is 4.90 Å². The minimum absolute atomic E-state index is 0.106. The lowest BCUT2D eigenvalue weighted by Crippen LogP contribution is -2.74. The van der Waals surface area contributed by atoms with Crippen molar-refractivity contribution in [3.63, 3.8) is 0 Å². The Bertz CT molecular complexity index is 4970. The first kappa shape index (κ1) is 47.8. The number of hydrogen-bond acceptors (Lipinski definition) is 7. The molecule has 1 fully saturated rings. The van der Waals surface area contributed by atoms with Gasteiger partial charge >= 0.3 is 0 Å². The molecule has 0 N–H and O–H groups in total. The third-order valence-electron chi connectivity index (χ3n) is 19.1. The first-order valence-corrected chi connectivity index (χ1v) is 30.9. The number of benzene rings is 10. The number of aromatic nitrogens is 5. The number of hydrogen-bond donors (Lipinski definition) is 0. The Balaban J connectivity index is 0.965. The molecule has 83 heavy (non-hydrogen) atoms. The van der Waals surface area contributed by atoms with Gasteiger partial charge in [-0.2, -0.15) is 9.97 Å². The predicted octanol–water partition coefficient (Wildman–Crippen LogP) is 15.8. The summed E-state index contributed by atoms with van der Waals surface area (Å²) < 4.78 is 15.3. The molecule has 0 saturated heterocycles. The molecule has 1 aliphatic heterocycles. The molecule has 2 unspecified atom stereocenters. The number of nitrogens with zero attached hydrogens (tertiary/aromatic N) is 6. The molecule has 1 saturated carbocycles. The van der Waals surface area contributed by atoms with Crippen LogP contribution in [0, 0.1) is 0 Å². The average Bonchev–Trinajstić information content (AvgIpc) is 1.91. The highest BCUT2D eigenvalue weighted by atomic mass is 28.3. The second-order valence-corrected chi connectivity index (χ2v) is 27.0. The van der Waals surface area contributed by atoms with E-state index in [4.69, 9.17) is 28.8 Å². The summed E-state index contributed by atoms with van der Waals surface area (Å²) in [4.78, 5) is 24.7. The molecule has 0 amide bonds. The van der Waals surface area contributed by atoms with Crippen molar-refractivity contribution >= 4 is 117 Å². The first-order valence-electron chi connectivity index (χ1n) is 28.9. The Morgan fingerprint density at radius 3 is 1.70 bits per heavy atom. The molecule has 0 bridgehead atoms. The van der Waals surface area contributed by atoms with Gasteiger partial charge in [0.15, 0.2) is 19.7 Å². The highest BCUT2D eigenvalue weighted by molar-refractivity contribution is 7.20. The zero-order valence-electron chi connectivity index (χ0n) is 45.9. The first-order chi connectivity index (χ1) is 40.9. The van der Waals surface area contributed by atoms with E-state index in [1.54, 1.807) is 0 Å². The Morgan fingerprint density at radius 1 is 0.434 bits per heavy atom. The van der Waals surface area contributed by atoms with Gasteiger partial charge in [-0.25, -0.2) is 4.98 Å². The van der Waals surface area contributed by atoms with E-state index in [2.05, 4.69) is 248 Å². The number of para-hydroxylation sites is 4. The third-order valence-corrected chi connectivity index (χ3v) is 23.8. The molecule has 9 heteroatoms. The monoisotopic (exact) mass is 1090 g/mol. The van der Waals surface area contributed by atoms with Gasteiger partial charge in [-0.05, 0) is 105 Å². The fourth-order valence-electron chi connectivity index (χ4n) is 15.0. The van der Waals surface area contributed by atoms with Crippen LogP contribution in [0.4, 0.5) is 11.4 Å². The molecule has 0 spiro atoms. The van der Waals surface area contributed by atoms with Crippen molar-refractivity contribution in [3.05, 3.63) is 248 Å². The Morgan fingerprint density at radius 2 is 1.00 bits per heavy atom. The molecular weight excluding hydrogens is 1030 g/mol. The third kappa shape index (κ3) is 6.86. The van der Waals surface area contributed by atoms with Crippen molar-refractivity contribution in [1.29, 1.82) is 0 Å². The SMILES string of the molecule is CC12CCCCC1(C)N(c1ccc3ccccc3c1-c1nc(-c3cccc([Si](c4ccccc4)(c4ccc5oc6ccccc6c5c4)c4ccc5oc6ccccc6c5c4)c3)nc(-n3c4ccccc4c4ccccc43)n1)c1cnccc12. The maximum absolute atomic E-state index is 6.55. The lowest BCUT2D eigenvalue weighted by molar-refractivity contribution is 0.195. The van der Waals surface area contributed by atoms with E-state index in [1.807, 2.05) is 18.3 Å². The average molecular weight is 1090 g/mol. The summed E-state index contributed by atoms with van der Waals surface area (Å²) in [6.45, 7) is 4.95. The summed E-state index contributed by atoms with van der Waals surface area (Å²) in [6, 6.07) is 83.5. The topological polar surface area (TPSA) is 86.0 Å². The van der Waals surface area contributed by atoms with Gasteiger partial charge in [-0.15, -0.1) is 0 Å². The van der Waals surface area contributed by atoms with Gasteiger partial charge in [-0.3, -0.25) is 9.55 Å². The van der Waals surface area contributed by atoms with Crippen molar-refractivity contribution < 1.29 is 8.83 Å². The second-order valence-electron chi connectivity index (χ2n) is 23.2. The number of rotatable bonds is 8. The summed E-state index contributed by atoms with van der Waals surface area (Å²) in [5, 5.41) is 13.6. The minimum atomic E-state index is -3.34. The largest absolute Gasteiger partial charge is 0.456 e. The van der Waals surface area contributed by atoms with Gasteiger partial charge in [-0.1, -0.05) is 202 Å². The van der Waals surface area contributed by atoms with Crippen LogP contribution in [-0.4, -0.2) is 38.1 Å². The highest BCUT2D eigenvalue weighted by Crippen LogP contribution is 2.62. The van der Waals surface area contributed by atoms with Gasteiger partial charge in [0, 0.05) is 49.5 Å². The van der Waals surface area contributed by atoms with Crippen LogP contribution in [0.1, 0.15) is 45.1 Å². The van der Waals surface area contributed by atoms with Gasteiger partial charge in [0.2, 0.25) is 5.95 Å². The number of fused-ring (bicyclic) bond motifs is 13. The maximum atomic E-state index is 6.55. The van der Waals surface area contributed by atoms with E-state index >= 15 is 0 Å².